The molecular formula is C21H19N5O2. The molecule has 0 radical (unpaired) electrons. The Hall–Kier alpha value is -3.87. The van der Waals surface area contributed by atoms with E-state index in [2.05, 4.69) is 25.6 Å². The summed E-state index contributed by atoms with van der Waals surface area (Å²) in [7, 11) is 3.22. The second kappa shape index (κ2) is 7.79. The number of ether oxygens (including phenoxy) is 2. The zero-order valence-electron chi connectivity index (χ0n) is 15.5. The van der Waals surface area contributed by atoms with Gasteiger partial charge >= 0.3 is 0 Å². The summed E-state index contributed by atoms with van der Waals surface area (Å²) < 4.78 is 10.7. The van der Waals surface area contributed by atoms with Gasteiger partial charge in [0.2, 0.25) is 5.95 Å². The van der Waals surface area contributed by atoms with Gasteiger partial charge in [0.25, 0.3) is 0 Å². The van der Waals surface area contributed by atoms with Crippen molar-refractivity contribution in [2.45, 2.75) is 0 Å². The molecule has 0 bridgehead atoms. The molecular weight excluding hydrogens is 354 g/mol. The molecule has 0 aliphatic heterocycles. The fourth-order valence-electron chi connectivity index (χ4n) is 2.81. The fraction of sp³-hybridized carbons (Fsp3) is 0.0952. The number of aromatic nitrogens is 3. The van der Waals surface area contributed by atoms with Crippen LogP contribution in [0.25, 0.3) is 10.9 Å². The molecule has 7 nitrogen and oxygen atoms in total. The highest BCUT2D eigenvalue weighted by molar-refractivity contribution is 5.82. The summed E-state index contributed by atoms with van der Waals surface area (Å²) in [5, 5.41) is 7.49. The first-order chi connectivity index (χ1) is 13.7. The summed E-state index contributed by atoms with van der Waals surface area (Å²) in [6, 6.07) is 17.3. The second-order valence-corrected chi connectivity index (χ2v) is 6.00. The third-order valence-electron chi connectivity index (χ3n) is 4.17. The molecule has 0 amide bonds. The molecule has 0 saturated heterocycles. The maximum Gasteiger partial charge on any atom is 0.229 e. The fourth-order valence-corrected chi connectivity index (χ4v) is 2.81. The maximum atomic E-state index is 5.39. The number of hydrogen-bond donors (Lipinski definition) is 2. The van der Waals surface area contributed by atoms with E-state index in [0.29, 0.717) is 29.0 Å². The Kier molecular flexibility index (Phi) is 4.88. The van der Waals surface area contributed by atoms with Gasteiger partial charge in [-0.1, -0.05) is 18.2 Å². The van der Waals surface area contributed by atoms with Crippen LogP contribution in [-0.4, -0.2) is 29.2 Å². The molecule has 2 aromatic heterocycles. The minimum atomic E-state index is 0.435. The molecule has 4 aromatic rings. The van der Waals surface area contributed by atoms with Crippen LogP contribution >= 0.6 is 0 Å². The smallest absolute Gasteiger partial charge is 0.229 e. The second-order valence-electron chi connectivity index (χ2n) is 6.00. The van der Waals surface area contributed by atoms with Crippen LogP contribution in [0.3, 0.4) is 0 Å². The SMILES string of the molecule is COc1ccc(OC)c(Nc2nccc(Nc3cnc4ccccc4c3)n2)c1. The lowest BCUT2D eigenvalue weighted by Gasteiger charge is -2.12. The lowest BCUT2D eigenvalue weighted by molar-refractivity contribution is 0.405. The first-order valence-corrected chi connectivity index (χ1v) is 8.69. The van der Waals surface area contributed by atoms with Crippen molar-refractivity contribution in [2.75, 3.05) is 24.9 Å². The molecule has 2 N–H and O–H groups in total. The van der Waals surface area contributed by atoms with E-state index in [4.69, 9.17) is 9.47 Å². The monoisotopic (exact) mass is 373 g/mol. The molecule has 2 aromatic carbocycles. The van der Waals surface area contributed by atoms with Crippen molar-refractivity contribution in [2.24, 2.45) is 0 Å². The Labute approximate surface area is 162 Å². The van der Waals surface area contributed by atoms with Crippen molar-refractivity contribution in [1.29, 1.82) is 0 Å². The molecule has 0 saturated carbocycles. The number of benzene rings is 2. The first-order valence-electron chi connectivity index (χ1n) is 8.69. The van der Waals surface area contributed by atoms with Gasteiger partial charge in [0.05, 0.1) is 37.3 Å². The first kappa shape index (κ1) is 17.5. The average Bonchev–Trinajstić information content (AvgIpc) is 2.74. The minimum Gasteiger partial charge on any atom is -0.497 e. The zero-order valence-corrected chi connectivity index (χ0v) is 15.5. The Morgan fingerprint density at radius 1 is 0.857 bits per heavy atom. The number of nitrogens with one attached hydrogen (secondary N) is 2. The summed E-state index contributed by atoms with van der Waals surface area (Å²) in [4.78, 5) is 13.3. The minimum absolute atomic E-state index is 0.435. The van der Waals surface area contributed by atoms with Crippen LogP contribution in [0, 0.1) is 0 Å². The molecule has 140 valence electrons. The molecule has 0 atom stereocenters. The number of pyridine rings is 1. The Morgan fingerprint density at radius 2 is 1.75 bits per heavy atom. The van der Waals surface area contributed by atoms with Crippen molar-refractivity contribution in [3.63, 3.8) is 0 Å². The quantitative estimate of drug-likeness (QED) is 0.514. The molecule has 0 aliphatic rings. The third-order valence-corrected chi connectivity index (χ3v) is 4.17. The van der Waals surface area contributed by atoms with Gasteiger partial charge in [-0.25, -0.2) is 4.98 Å². The van der Waals surface area contributed by atoms with Crippen molar-refractivity contribution in [3.8, 4) is 11.5 Å². The van der Waals surface area contributed by atoms with Crippen LogP contribution in [0.15, 0.2) is 67.0 Å². The van der Waals surface area contributed by atoms with Crippen molar-refractivity contribution in [1.82, 2.24) is 15.0 Å². The highest BCUT2D eigenvalue weighted by atomic mass is 16.5. The number of rotatable bonds is 6. The lowest BCUT2D eigenvalue weighted by Crippen LogP contribution is -2.02. The van der Waals surface area contributed by atoms with Gasteiger partial charge in [-0.05, 0) is 30.3 Å². The van der Waals surface area contributed by atoms with Crippen LogP contribution in [0.5, 0.6) is 11.5 Å². The van der Waals surface area contributed by atoms with E-state index in [1.807, 2.05) is 48.5 Å². The highest BCUT2D eigenvalue weighted by Crippen LogP contribution is 2.31. The third kappa shape index (κ3) is 3.78. The molecule has 4 rings (SSSR count). The van der Waals surface area contributed by atoms with Crippen LogP contribution in [0.2, 0.25) is 0 Å². The Morgan fingerprint density at radius 3 is 2.61 bits per heavy atom. The van der Waals surface area contributed by atoms with Crippen LogP contribution in [0.4, 0.5) is 23.1 Å². The number of nitrogens with zero attached hydrogens (tertiary/aromatic N) is 3. The largest absolute Gasteiger partial charge is 0.497 e. The summed E-state index contributed by atoms with van der Waals surface area (Å²) >= 11 is 0. The van der Waals surface area contributed by atoms with E-state index in [1.54, 1.807) is 32.7 Å². The molecule has 28 heavy (non-hydrogen) atoms. The van der Waals surface area contributed by atoms with Crippen molar-refractivity contribution >= 4 is 34.0 Å². The number of hydrogen-bond acceptors (Lipinski definition) is 7. The molecule has 0 fully saturated rings. The predicted octanol–water partition coefficient (Wildman–Crippen LogP) is 4.53. The highest BCUT2D eigenvalue weighted by Gasteiger charge is 2.08. The van der Waals surface area contributed by atoms with Gasteiger partial charge in [0.1, 0.15) is 17.3 Å². The van der Waals surface area contributed by atoms with Crippen molar-refractivity contribution < 1.29 is 9.47 Å². The van der Waals surface area contributed by atoms with Gasteiger partial charge in [0, 0.05) is 17.6 Å². The molecule has 0 unspecified atom stereocenters. The molecule has 0 spiro atoms. The average molecular weight is 373 g/mol. The zero-order chi connectivity index (χ0) is 19.3. The Balaban J connectivity index is 1.57. The van der Waals surface area contributed by atoms with E-state index in [-0.39, 0.29) is 0 Å². The van der Waals surface area contributed by atoms with Crippen molar-refractivity contribution in [3.05, 3.63) is 67.0 Å². The number of para-hydroxylation sites is 1. The summed E-state index contributed by atoms with van der Waals surface area (Å²) in [6.45, 7) is 0. The number of methoxy groups -OCH3 is 2. The van der Waals surface area contributed by atoms with Gasteiger partial charge in [-0.3, -0.25) is 4.98 Å². The predicted molar refractivity (Wildman–Crippen MR) is 110 cm³/mol. The normalized spacial score (nSPS) is 10.5. The van der Waals surface area contributed by atoms with Crippen LogP contribution in [-0.2, 0) is 0 Å². The van der Waals surface area contributed by atoms with Crippen LogP contribution < -0.4 is 20.1 Å². The van der Waals surface area contributed by atoms with Gasteiger partial charge < -0.3 is 20.1 Å². The summed E-state index contributed by atoms with van der Waals surface area (Å²) in [5.74, 6) is 2.46. The van der Waals surface area contributed by atoms with E-state index in [9.17, 15) is 0 Å². The van der Waals surface area contributed by atoms with Gasteiger partial charge in [-0.15, -0.1) is 0 Å². The maximum absolute atomic E-state index is 5.39. The van der Waals surface area contributed by atoms with E-state index >= 15 is 0 Å². The summed E-state index contributed by atoms with van der Waals surface area (Å²) in [6.07, 6.45) is 3.46. The van der Waals surface area contributed by atoms with E-state index in [0.717, 1.165) is 16.6 Å². The van der Waals surface area contributed by atoms with Gasteiger partial charge in [0.15, 0.2) is 0 Å². The standard InChI is InChI=1S/C21H19N5O2/c1-27-16-7-8-19(28-2)18(12-16)25-21-22-10-9-20(26-21)24-15-11-14-5-3-4-6-17(14)23-13-15/h3-13H,1-2H3,(H2,22,24,25,26). The Bertz CT molecular complexity index is 1120. The molecule has 7 heteroatoms. The van der Waals surface area contributed by atoms with Crippen LogP contribution in [0.1, 0.15) is 0 Å². The topological polar surface area (TPSA) is 81.2 Å². The summed E-state index contributed by atoms with van der Waals surface area (Å²) in [5.41, 5.74) is 2.51. The molecule has 0 aliphatic carbocycles. The lowest BCUT2D eigenvalue weighted by atomic mass is 10.2. The van der Waals surface area contributed by atoms with E-state index in [1.165, 1.54) is 0 Å². The molecule has 2 heterocycles. The number of anilines is 4. The number of fused-ring (bicyclic) bond motifs is 1. The van der Waals surface area contributed by atoms with E-state index < -0.39 is 0 Å². The van der Waals surface area contributed by atoms with Gasteiger partial charge in [-0.2, -0.15) is 4.98 Å².